The Balaban J connectivity index is 1.24. The molecule has 1 fully saturated rings. The van der Waals surface area contributed by atoms with E-state index in [0.29, 0.717) is 43.6 Å². The number of nitrogens with one attached hydrogen (secondary N) is 1. The van der Waals surface area contributed by atoms with Crippen LogP contribution in [0, 0.1) is 12.8 Å². The summed E-state index contributed by atoms with van der Waals surface area (Å²) in [6.45, 7) is 9.83. The molecule has 160 valence electrons. The lowest BCUT2D eigenvalue weighted by molar-refractivity contribution is 0.0707. The van der Waals surface area contributed by atoms with Crippen molar-refractivity contribution in [1.29, 1.82) is 0 Å². The average Bonchev–Trinajstić information content (AvgIpc) is 3.20. The fourth-order valence-corrected chi connectivity index (χ4v) is 4.27. The Hall–Kier alpha value is -2.67. The van der Waals surface area contributed by atoms with Crippen molar-refractivity contribution < 1.29 is 9.59 Å². The summed E-state index contributed by atoms with van der Waals surface area (Å²) in [5.41, 5.74) is 2.99. The molecule has 1 aromatic heterocycles. The van der Waals surface area contributed by atoms with Gasteiger partial charge >= 0.3 is 0 Å². The van der Waals surface area contributed by atoms with Crippen molar-refractivity contribution in [2.24, 2.45) is 5.92 Å². The molecular formula is C23H31N5O2. The van der Waals surface area contributed by atoms with Gasteiger partial charge in [-0.15, -0.1) is 0 Å². The van der Waals surface area contributed by atoms with E-state index < -0.39 is 0 Å². The highest BCUT2D eigenvalue weighted by Gasteiger charge is 2.27. The van der Waals surface area contributed by atoms with Gasteiger partial charge in [-0.05, 0) is 51.3 Å². The number of rotatable bonds is 6. The van der Waals surface area contributed by atoms with Crippen molar-refractivity contribution in [3.05, 3.63) is 53.1 Å². The molecule has 2 aromatic rings. The van der Waals surface area contributed by atoms with E-state index in [1.54, 1.807) is 15.7 Å². The van der Waals surface area contributed by atoms with E-state index in [4.69, 9.17) is 0 Å². The fourth-order valence-electron chi connectivity index (χ4n) is 4.27. The molecule has 1 N–H and O–H groups in total. The van der Waals surface area contributed by atoms with E-state index in [0.717, 1.165) is 32.5 Å². The quantitative estimate of drug-likeness (QED) is 0.795. The van der Waals surface area contributed by atoms with Gasteiger partial charge in [0.15, 0.2) is 5.82 Å². The molecular weight excluding hydrogens is 378 g/mol. The molecule has 1 aromatic carbocycles. The molecule has 0 aliphatic carbocycles. The number of nitrogens with zero attached hydrogens (tertiary/aromatic N) is 4. The average molecular weight is 410 g/mol. The predicted molar refractivity (Wildman–Crippen MR) is 115 cm³/mol. The highest BCUT2D eigenvalue weighted by Crippen LogP contribution is 2.19. The first-order valence-corrected chi connectivity index (χ1v) is 11.0. The summed E-state index contributed by atoms with van der Waals surface area (Å²) in [6.07, 6.45) is 3.87. The Kier molecular flexibility index (Phi) is 6.18. The highest BCUT2D eigenvalue weighted by molar-refractivity contribution is 5.96. The van der Waals surface area contributed by atoms with E-state index in [9.17, 15) is 9.59 Å². The number of aromatic nitrogens is 2. The second-order valence-electron chi connectivity index (χ2n) is 8.44. The van der Waals surface area contributed by atoms with Crippen LogP contribution in [0.15, 0.2) is 30.5 Å². The maximum absolute atomic E-state index is 12.6. The Labute approximate surface area is 178 Å². The van der Waals surface area contributed by atoms with Gasteiger partial charge in [0.1, 0.15) is 5.69 Å². The molecule has 7 nitrogen and oxygen atoms in total. The zero-order chi connectivity index (χ0) is 21.1. The number of fused-ring (bicyclic) bond motifs is 1. The van der Waals surface area contributed by atoms with Crippen molar-refractivity contribution in [3.8, 4) is 0 Å². The number of carbonyl (C=O) groups excluding carboxylic acids is 2. The van der Waals surface area contributed by atoms with Gasteiger partial charge in [-0.2, -0.15) is 0 Å². The summed E-state index contributed by atoms with van der Waals surface area (Å²) in [5.74, 6) is 0.578. The Morgan fingerprint density at radius 3 is 2.57 bits per heavy atom. The zero-order valence-corrected chi connectivity index (χ0v) is 17.9. The molecule has 0 atom stereocenters. The number of amides is 2. The third-order valence-corrected chi connectivity index (χ3v) is 6.27. The van der Waals surface area contributed by atoms with E-state index in [-0.39, 0.29) is 11.8 Å². The molecule has 0 saturated carbocycles. The molecule has 1 saturated heterocycles. The summed E-state index contributed by atoms with van der Waals surface area (Å²) < 4.78 is 1.80. The molecule has 0 bridgehead atoms. The van der Waals surface area contributed by atoms with Crippen LogP contribution in [0.5, 0.6) is 0 Å². The number of imidazole rings is 1. The summed E-state index contributed by atoms with van der Waals surface area (Å²) in [6, 6.07) is 8.74. The van der Waals surface area contributed by atoms with Crippen LogP contribution in [0.4, 0.5) is 0 Å². The number of hydrogen-bond donors (Lipinski definition) is 1. The number of piperidine rings is 1. The normalized spacial score (nSPS) is 17.8. The maximum Gasteiger partial charge on any atom is 0.289 e. The van der Waals surface area contributed by atoms with Crippen molar-refractivity contribution in [2.45, 2.75) is 39.8 Å². The fraction of sp³-hybridized carbons (Fsp3) is 0.522. The molecule has 2 aliphatic rings. The van der Waals surface area contributed by atoms with Crippen LogP contribution >= 0.6 is 0 Å². The molecule has 30 heavy (non-hydrogen) atoms. The smallest absolute Gasteiger partial charge is 0.289 e. The predicted octanol–water partition coefficient (Wildman–Crippen LogP) is 2.31. The van der Waals surface area contributed by atoms with Crippen LogP contribution in [0.1, 0.15) is 52.0 Å². The van der Waals surface area contributed by atoms with Crippen LogP contribution in [0.2, 0.25) is 0 Å². The van der Waals surface area contributed by atoms with E-state index in [1.807, 2.05) is 6.92 Å². The lowest BCUT2D eigenvalue weighted by Crippen LogP contribution is -2.40. The third kappa shape index (κ3) is 4.56. The molecule has 7 heteroatoms. The highest BCUT2D eigenvalue weighted by atomic mass is 16.2. The molecule has 0 spiro atoms. The Bertz CT molecular complexity index is 897. The molecule has 0 unspecified atom stereocenters. The van der Waals surface area contributed by atoms with Crippen molar-refractivity contribution >= 4 is 11.8 Å². The standard InChI is InChI=1S/C23H31N5O2/c1-3-27-12-13-28-16-20(25-21(28)23(27)30)22(29)24-14-18-8-10-26(11-9-18)15-19-6-4-17(2)5-7-19/h4-7,16,18H,3,8-15H2,1-2H3,(H,24,29). The van der Waals surface area contributed by atoms with Crippen molar-refractivity contribution in [2.75, 3.05) is 32.7 Å². The lowest BCUT2D eigenvalue weighted by Gasteiger charge is -2.32. The van der Waals surface area contributed by atoms with E-state index >= 15 is 0 Å². The monoisotopic (exact) mass is 409 g/mol. The molecule has 2 amide bonds. The summed E-state index contributed by atoms with van der Waals surface area (Å²) >= 11 is 0. The first kappa shape index (κ1) is 20.6. The SMILES string of the molecule is CCN1CCn2cc(C(=O)NCC3CCN(Cc4ccc(C)cc4)CC3)nc2C1=O. The minimum absolute atomic E-state index is 0.0938. The van der Waals surface area contributed by atoms with Gasteiger partial charge in [0, 0.05) is 38.9 Å². The van der Waals surface area contributed by atoms with Crippen LogP contribution in [-0.4, -0.2) is 63.9 Å². The first-order valence-electron chi connectivity index (χ1n) is 11.0. The van der Waals surface area contributed by atoms with Crippen LogP contribution in [-0.2, 0) is 13.1 Å². The van der Waals surface area contributed by atoms with Gasteiger partial charge in [-0.1, -0.05) is 29.8 Å². The lowest BCUT2D eigenvalue weighted by atomic mass is 9.96. The number of aryl methyl sites for hydroxylation is 1. The van der Waals surface area contributed by atoms with Gasteiger partial charge in [-0.3, -0.25) is 14.5 Å². The molecule has 0 radical (unpaired) electrons. The second-order valence-corrected chi connectivity index (χ2v) is 8.44. The van der Waals surface area contributed by atoms with Gasteiger partial charge < -0.3 is 14.8 Å². The maximum atomic E-state index is 12.6. The minimum Gasteiger partial charge on any atom is -0.350 e. The van der Waals surface area contributed by atoms with Crippen molar-refractivity contribution in [3.63, 3.8) is 0 Å². The topological polar surface area (TPSA) is 70.5 Å². The summed E-state index contributed by atoms with van der Waals surface area (Å²) in [5, 5.41) is 3.03. The van der Waals surface area contributed by atoms with Crippen LogP contribution < -0.4 is 5.32 Å². The number of benzene rings is 1. The minimum atomic E-state index is -0.185. The molecule has 2 aliphatic heterocycles. The van der Waals surface area contributed by atoms with Crippen LogP contribution in [0.25, 0.3) is 0 Å². The van der Waals surface area contributed by atoms with Crippen molar-refractivity contribution in [1.82, 2.24) is 24.7 Å². The zero-order valence-electron chi connectivity index (χ0n) is 17.9. The summed E-state index contributed by atoms with van der Waals surface area (Å²) in [4.78, 5) is 33.5. The largest absolute Gasteiger partial charge is 0.350 e. The number of likely N-dealkylation sites (N-methyl/N-ethyl adjacent to an activating group) is 1. The van der Waals surface area contributed by atoms with Gasteiger partial charge in [0.25, 0.3) is 11.8 Å². The van der Waals surface area contributed by atoms with Gasteiger partial charge in [0.2, 0.25) is 0 Å². The first-order chi connectivity index (χ1) is 14.5. The summed E-state index contributed by atoms with van der Waals surface area (Å²) in [7, 11) is 0. The molecule has 4 rings (SSSR count). The van der Waals surface area contributed by atoms with Gasteiger partial charge in [0.05, 0.1) is 0 Å². The number of likely N-dealkylation sites (tertiary alicyclic amines) is 1. The van der Waals surface area contributed by atoms with E-state index in [2.05, 4.69) is 46.4 Å². The molecule has 3 heterocycles. The number of carbonyl (C=O) groups is 2. The second kappa shape index (κ2) is 9.00. The number of hydrogen-bond acceptors (Lipinski definition) is 4. The third-order valence-electron chi connectivity index (χ3n) is 6.27. The van der Waals surface area contributed by atoms with Crippen LogP contribution in [0.3, 0.4) is 0 Å². The Morgan fingerprint density at radius 1 is 1.13 bits per heavy atom. The Morgan fingerprint density at radius 2 is 1.87 bits per heavy atom. The van der Waals surface area contributed by atoms with Gasteiger partial charge in [-0.25, -0.2) is 4.98 Å². The van der Waals surface area contributed by atoms with E-state index in [1.165, 1.54) is 11.1 Å².